The third-order valence-electron chi connectivity index (χ3n) is 3.63. The van der Waals surface area contributed by atoms with Crippen molar-refractivity contribution < 1.29 is 4.39 Å². The molecule has 1 aliphatic rings. The molecule has 0 amide bonds. The van der Waals surface area contributed by atoms with Crippen LogP contribution >= 0.6 is 0 Å². The van der Waals surface area contributed by atoms with Gasteiger partial charge in [0.1, 0.15) is 5.82 Å². The Morgan fingerprint density at radius 1 is 1.21 bits per heavy atom. The zero-order chi connectivity index (χ0) is 13.8. The SMILES string of the molecule is CC(C)NCc1c(F)cccc1N1CCN(C)CC1. The lowest BCUT2D eigenvalue weighted by Gasteiger charge is -2.35. The number of rotatable bonds is 4. The molecule has 0 saturated carbocycles. The summed E-state index contributed by atoms with van der Waals surface area (Å²) in [4.78, 5) is 4.60. The van der Waals surface area contributed by atoms with Gasteiger partial charge in [-0.05, 0) is 19.2 Å². The standard InChI is InChI=1S/C15H24FN3/c1-12(2)17-11-13-14(16)5-4-6-15(13)19-9-7-18(3)8-10-19/h4-6,12,17H,7-11H2,1-3H3. The highest BCUT2D eigenvalue weighted by Gasteiger charge is 2.18. The third-order valence-corrected chi connectivity index (χ3v) is 3.63. The van der Waals surface area contributed by atoms with Gasteiger partial charge < -0.3 is 15.1 Å². The second-order valence-electron chi connectivity index (χ2n) is 5.56. The van der Waals surface area contributed by atoms with Crippen molar-refractivity contribution in [2.45, 2.75) is 26.4 Å². The van der Waals surface area contributed by atoms with E-state index in [0.29, 0.717) is 12.6 Å². The van der Waals surface area contributed by atoms with Crippen LogP contribution in [-0.4, -0.2) is 44.2 Å². The number of hydrogen-bond acceptors (Lipinski definition) is 3. The van der Waals surface area contributed by atoms with E-state index < -0.39 is 0 Å². The smallest absolute Gasteiger partial charge is 0.129 e. The number of piperazine rings is 1. The Kier molecular flexibility index (Phi) is 4.77. The highest BCUT2D eigenvalue weighted by Crippen LogP contribution is 2.24. The molecule has 1 heterocycles. The van der Waals surface area contributed by atoms with Gasteiger partial charge in [0.05, 0.1) is 0 Å². The molecule has 1 fully saturated rings. The highest BCUT2D eigenvalue weighted by atomic mass is 19.1. The Bertz CT molecular complexity index is 412. The van der Waals surface area contributed by atoms with Crippen LogP contribution < -0.4 is 10.2 Å². The van der Waals surface area contributed by atoms with Crippen molar-refractivity contribution in [1.29, 1.82) is 0 Å². The molecule has 0 bridgehead atoms. The lowest BCUT2D eigenvalue weighted by atomic mass is 10.1. The van der Waals surface area contributed by atoms with Crippen molar-refractivity contribution in [2.24, 2.45) is 0 Å². The van der Waals surface area contributed by atoms with Crippen molar-refractivity contribution in [3.8, 4) is 0 Å². The van der Waals surface area contributed by atoms with Crippen LogP contribution in [0.1, 0.15) is 19.4 Å². The molecule has 0 spiro atoms. The van der Waals surface area contributed by atoms with Gasteiger partial charge >= 0.3 is 0 Å². The topological polar surface area (TPSA) is 18.5 Å². The van der Waals surface area contributed by atoms with Gasteiger partial charge in [-0.15, -0.1) is 0 Å². The molecule has 0 aliphatic carbocycles. The molecular weight excluding hydrogens is 241 g/mol. The van der Waals surface area contributed by atoms with Gasteiger partial charge in [-0.25, -0.2) is 4.39 Å². The lowest BCUT2D eigenvalue weighted by molar-refractivity contribution is 0.312. The summed E-state index contributed by atoms with van der Waals surface area (Å²) >= 11 is 0. The van der Waals surface area contributed by atoms with Gasteiger partial charge in [0.2, 0.25) is 0 Å². The molecule has 19 heavy (non-hydrogen) atoms. The van der Waals surface area contributed by atoms with E-state index in [9.17, 15) is 4.39 Å². The van der Waals surface area contributed by atoms with Crippen molar-refractivity contribution in [2.75, 3.05) is 38.1 Å². The normalized spacial score (nSPS) is 17.2. The molecule has 0 atom stereocenters. The molecule has 1 saturated heterocycles. The molecular formula is C15H24FN3. The Labute approximate surface area is 115 Å². The van der Waals surface area contributed by atoms with E-state index in [-0.39, 0.29) is 5.82 Å². The number of benzene rings is 1. The molecule has 1 aliphatic heterocycles. The largest absolute Gasteiger partial charge is 0.369 e. The highest BCUT2D eigenvalue weighted by molar-refractivity contribution is 5.54. The van der Waals surface area contributed by atoms with Crippen molar-refractivity contribution in [1.82, 2.24) is 10.2 Å². The number of hydrogen-bond donors (Lipinski definition) is 1. The van der Waals surface area contributed by atoms with Crippen LogP contribution in [0, 0.1) is 5.82 Å². The monoisotopic (exact) mass is 265 g/mol. The second-order valence-corrected chi connectivity index (χ2v) is 5.56. The lowest BCUT2D eigenvalue weighted by Crippen LogP contribution is -2.45. The van der Waals surface area contributed by atoms with Gasteiger partial charge in [-0.1, -0.05) is 19.9 Å². The fourth-order valence-corrected chi connectivity index (χ4v) is 2.37. The first-order valence-corrected chi connectivity index (χ1v) is 7.02. The first kappa shape index (κ1) is 14.3. The fourth-order valence-electron chi connectivity index (χ4n) is 2.37. The molecule has 2 rings (SSSR count). The summed E-state index contributed by atoms with van der Waals surface area (Å²) in [7, 11) is 2.13. The molecule has 3 nitrogen and oxygen atoms in total. The Balaban J connectivity index is 2.16. The van der Waals surface area contributed by atoms with Gasteiger partial charge in [0.25, 0.3) is 0 Å². The number of anilines is 1. The van der Waals surface area contributed by atoms with Crippen molar-refractivity contribution >= 4 is 5.69 Å². The minimum absolute atomic E-state index is 0.107. The van der Waals surface area contributed by atoms with E-state index in [0.717, 1.165) is 37.4 Å². The Morgan fingerprint density at radius 3 is 2.53 bits per heavy atom. The maximum absolute atomic E-state index is 14.1. The van der Waals surface area contributed by atoms with E-state index in [1.165, 1.54) is 0 Å². The average Bonchev–Trinajstić information content (AvgIpc) is 2.38. The first-order chi connectivity index (χ1) is 9.08. The summed E-state index contributed by atoms with van der Waals surface area (Å²) in [5.41, 5.74) is 1.84. The Hall–Kier alpha value is -1.13. The van der Waals surface area contributed by atoms with Gasteiger partial charge in [-0.2, -0.15) is 0 Å². The van der Waals surface area contributed by atoms with E-state index in [4.69, 9.17) is 0 Å². The summed E-state index contributed by atoms with van der Waals surface area (Å²) in [6.07, 6.45) is 0. The molecule has 106 valence electrons. The molecule has 0 aromatic heterocycles. The number of likely N-dealkylation sites (N-methyl/N-ethyl adjacent to an activating group) is 1. The summed E-state index contributed by atoms with van der Waals surface area (Å²) < 4.78 is 14.1. The minimum Gasteiger partial charge on any atom is -0.369 e. The van der Waals surface area contributed by atoms with E-state index in [1.54, 1.807) is 6.07 Å². The van der Waals surface area contributed by atoms with Crippen LogP contribution in [0.5, 0.6) is 0 Å². The average molecular weight is 265 g/mol. The maximum Gasteiger partial charge on any atom is 0.129 e. The molecule has 1 N–H and O–H groups in total. The predicted octanol–water partition coefficient (Wildman–Crippen LogP) is 2.08. The molecule has 0 radical (unpaired) electrons. The van der Waals surface area contributed by atoms with Crippen molar-refractivity contribution in [3.05, 3.63) is 29.6 Å². The zero-order valence-corrected chi connectivity index (χ0v) is 12.1. The summed E-state index contributed by atoms with van der Waals surface area (Å²) in [6, 6.07) is 5.75. The summed E-state index contributed by atoms with van der Waals surface area (Å²) in [6.45, 7) is 8.75. The van der Waals surface area contributed by atoms with Gasteiger partial charge in [-0.3, -0.25) is 0 Å². The fraction of sp³-hybridized carbons (Fsp3) is 0.600. The molecule has 4 heteroatoms. The van der Waals surface area contributed by atoms with E-state index in [1.807, 2.05) is 12.1 Å². The number of nitrogens with one attached hydrogen (secondary N) is 1. The number of nitrogens with zero attached hydrogens (tertiary/aromatic N) is 2. The Morgan fingerprint density at radius 2 is 1.89 bits per heavy atom. The van der Waals surface area contributed by atoms with E-state index >= 15 is 0 Å². The predicted molar refractivity (Wildman–Crippen MR) is 78.1 cm³/mol. The van der Waals surface area contributed by atoms with E-state index in [2.05, 4.69) is 36.0 Å². The van der Waals surface area contributed by atoms with Crippen LogP contribution in [0.25, 0.3) is 0 Å². The zero-order valence-electron chi connectivity index (χ0n) is 12.1. The third kappa shape index (κ3) is 3.67. The van der Waals surface area contributed by atoms with Gasteiger partial charge in [0, 0.05) is 50.0 Å². The molecule has 1 aromatic carbocycles. The summed E-state index contributed by atoms with van der Waals surface area (Å²) in [5, 5.41) is 3.31. The minimum atomic E-state index is -0.107. The first-order valence-electron chi connectivity index (χ1n) is 7.02. The molecule has 1 aromatic rings. The van der Waals surface area contributed by atoms with Crippen LogP contribution in [0.2, 0.25) is 0 Å². The molecule has 0 unspecified atom stereocenters. The second kappa shape index (κ2) is 6.35. The van der Waals surface area contributed by atoms with Crippen LogP contribution in [0.15, 0.2) is 18.2 Å². The van der Waals surface area contributed by atoms with Crippen LogP contribution in [0.4, 0.5) is 10.1 Å². The number of halogens is 1. The summed E-state index contributed by atoms with van der Waals surface area (Å²) in [5.74, 6) is -0.107. The van der Waals surface area contributed by atoms with Gasteiger partial charge in [0.15, 0.2) is 0 Å². The maximum atomic E-state index is 14.1. The quantitative estimate of drug-likeness (QED) is 0.899. The van der Waals surface area contributed by atoms with Crippen LogP contribution in [-0.2, 0) is 6.54 Å². The van der Waals surface area contributed by atoms with Crippen LogP contribution in [0.3, 0.4) is 0 Å². The van der Waals surface area contributed by atoms with Crippen molar-refractivity contribution in [3.63, 3.8) is 0 Å².